The third-order valence-corrected chi connectivity index (χ3v) is 9.89. The minimum atomic E-state index is -0.633. The van der Waals surface area contributed by atoms with Gasteiger partial charge in [-0.25, -0.2) is 13.8 Å². The lowest BCUT2D eigenvalue weighted by Gasteiger charge is -2.37. The molecule has 0 bridgehead atoms. The van der Waals surface area contributed by atoms with Gasteiger partial charge in [0, 0.05) is 48.7 Å². The number of halogens is 2. The van der Waals surface area contributed by atoms with Crippen LogP contribution in [0.25, 0.3) is 10.9 Å². The molecule has 3 heterocycles. The molecule has 0 aliphatic heterocycles. The van der Waals surface area contributed by atoms with Gasteiger partial charge in [0.05, 0.1) is 12.0 Å². The summed E-state index contributed by atoms with van der Waals surface area (Å²) in [5.41, 5.74) is 6.58. The van der Waals surface area contributed by atoms with Crippen molar-refractivity contribution in [2.75, 3.05) is 0 Å². The maximum Gasteiger partial charge on any atom is 0.137 e. The van der Waals surface area contributed by atoms with Crippen LogP contribution in [0, 0.1) is 11.6 Å². The number of nitrogens with one attached hydrogen (secondary N) is 1. The third kappa shape index (κ3) is 6.55. The van der Waals surface area contributed by atoms with Crippen molar-refractivity contribution in [1.29, 1.82) is 0 Å². The van der Waals surface area contributed by atoms with Crippen molar-refractivity contribution in [3.63, 3.8) is 0 Å². The molecule has 5 aromatic carbocycles. The first-order valence-electron chi connectivity index (χ1n) is 17.7. The number of nitrogens with zero attached hydrogens (tertiary/aromatic N) is 5. The van der Waals surface area contributed by atoms with Crippen molar-refractivity contribution < 1.29 is 8.78 Å². The molecule has 0 saturated carbocycles. The lowest BCUT2D eigenvalue weighted by atomic mass is 9.77. The summed E-state index contributed by atoms with van der Waals surface area (Å²) in [6, 6.07) is 43.6. The van der Waals surface area contributed by atoms with Gasteiger partial charge in [0.1, 0.15) is 28.8 Å². The second-order valence-corrected chi connectivity index (χ2v) is 13.2. The molecule has 8 aromatic rings. The highest BCUT2D eigenvalue weighted by Gasteiger charge is 2.38. The van der Waals surface area contributed by atoms with Crippen LogP contribution >= 0.6 is 0 Å². The molecule has 0 fully saturated rings. The van der Waals surface area contributed by atoms with Gasteiger partial charge in [-0.15, -0.1) is 10.2 Å². The van der Waals surface area contributed by atoms with Crippen molar-refractivity contribution in [3.05, 3.63) is 209 Å². The third-order valence-electron chi connectivity index (χ3n) is 9.89. The number of imidazole rings is 1. The molecule has 0 spiro atoms. The SMILES string of the molecule is Fc1cc(F)cc(Cc2nnc(CCc3c[nH]c4ccccc34)n2CCCc2cn(C(c3ccccc3)(c3ccccc3)c3ccccc3)cn2)c1. The molecule has 52 heavy (non-hydrogen) atoms. The summed E-state index contributed by atoms with van der Waals surface area (Å²) in [4.78, 5) is 8.30. The Morgan fingerprint density at radius 1 is 0.635 bits per heavy atom. The van der Waals surface area contributed by atoms with Crippen LogP contribution in [-0.4, -0.2) is 29.3 Å². The average Bonchev–Trinajstić information content (AvgIpc) is 3.92. The van der Waals surface area contributed by atoms with E-state index in [2.05, 4.69) is 122 Å². The number of aryl methyl sites for hydroxylation is 3. The van der Waals surface area contributed by atoms with Gasteiger partial charge in [-0.2, -0.15) is 0 Å². The fourth-order valence-electron chi connectivity index (χ4n) is 7.51. The van der Waals surface area contributed by atoms with Gasteiger partial charge in [0.2, 0.25) is 0 Å². The first-order valence-corrected chi connectivity index (χ1v) is 17.7. The zero-order valence-corrected chi connectivity index (χ0v) is 28.7. The Balaban J connectivity index is 1.08. The van der Waals surface area contributed by atoms with Crippen molar-refractivity contribution in [2.24, 2.45) is 0 Å². The minimum absolute atomic E-state index is 0.275. The summed E-state index contributed by atoms with van der Waals surface area (Å²) in [5.74, 6) is 0.322. The van der Waals surface area contributed by atoms with Crippen LogP contribution in [0.5, 0.6) is 0 Å². The summed E-state index contributed by atoms with van der Waals surface area (Å²) in [5, 5.41) is 10.3. The molecule has 8 heteroatoms. The van der Waals surface area contributed by atoms with E-state index in [0.29, 0.717) is 24.4 Å². The maximum absolute atomic E-state index is 14.1. The van der Waals surface area contributed by atoms with E-state index in [1.165, 1.54) is 23.1 Å². The first-order chi connectivity index (χ1) is 25.6. The molecular formula is C44H38F2N6. The van der Waals surface area contributed by atoms with Crippen LogP contribution in [0.3, 0.4) is 0 Å². The highest BCUT2D eigenvalue weighted by atomic mass is 19.1. The number of aromatic nitrogens is 6. The second kappa shape index (κ2) is 14.6. The lowest BCUT2D eigenvalue weighted by Crippen LogP contribution is -2.36. The highest BCUT2D eigenvalue weighted by Crippen LogP contribution is 2.40. The number of hydrogen-bond donors (Lipinski definition) is 1. The number of hydrogen-bond acceptors (Lipinski definition) is 3. The van der Waals surface area contributed by atoms with Gasteiger partial charge < -0.3 is 14.1 Å². The molecule has 0 amide bonds. The van der Waals surface area contributed by atoms with Crippen LogP contribution in [0.1, 0.15) is 51.6 Å². The first kappa shape index (κ1) is 33.0. The number of benzene rings is 5. The van der Waals surface area contributed by atoms with Gasteiger partial charge in [-0.3, -0.25) is 0 Å². The standard InChI is InChI=1S/C44H38F2N6/c45-37-25-32(26-38(46)28-37)27-43-50-49-42(23-22-33-29-47-41-21-11-10-20-40(33)41)52(43)24-12-19-39-30-51(31-48-39)44(34-13-4-1-5-14-34,35-15-6-2-7-16-35)36-17-8-3-9-18-36/h1-11,13-18,20-21,25-26,28-31,47H,12,19,22-24,27H2. The second-order valence-electron chi connectivity index (χ2n) is 13.2. The summed E-state index contributed by atoms with van der Waals surface area (Å²) in [6.45, 7) is 0.636. The van der Waals surface area contributed by atoms with Crippen molar-refractivity contribution in [1.82, 2.24) is 29.3 Å². The van der Waals surface area contributed by atoms with E-state index in [-0.39, 0.29) is 6.42 Å². The molecule has 0 atom stereocenters. The van der Waals surface area contributed by atoms with E-state index in [1.807, 2.05) is 36.7 Å². The van der Waals surface area contributed by atoms with Crippen molar-refractivity contribution >= 4 is 10.9 Å². The van der Waals surface area contributed by atoms with E-state index in [9.17, 15) is 8.78 Å². The molecule has 258 valence electrons. The monoisotopic (exact) mass is 688 g/mol. The van der Waals surface area contributed by atoms with Crippen LogP contribution in [0.15, 0.2) is 152 Å². The average molecular weight is 689 g/mol. The quantitative estimate of drug-likeness (QED) is 0.123. The summed E-state index contributed by atoms with van der Waals surface area (Å²) in [6.07, 6.45) is 9.38. The normalized spacial score (nSPS) is 11.7. The lowest BCUT2D eigenvalue weighted by molar-refractivity contribution is 0.513. The predicted molar refractivity (Wildman–Crippen MR) is 200 cm³/mol. The molecule has 0 saturated heterocycles. The van der Waals surface area contributed by atoms with Crippen LogP contribution in [0.4, 0.5) is 8.78 Å². The number of para-hydroxylation sites is 1. The molecule has 6 nitrogen and oxygen atoms in total. The summed E-state index contributed by atoms with van der Waals surface area (Å²) in [7, 11) is 0. The van der Waals surface area contributed by atoms with E-state index < -0.39 is 17.2 Å². The van der Waals surface area contributed by atoms with Crippen LogP contribution in [0.2, 0.25) is 0 Å². The molecule has 0 aliphatic rings. The van der Waals surface area contributed by atoms with E-state index in [4.69, 9.17) is 4.98 Å². The Kier molecular flexibility index (Phi) is 9.27. The molecule has 3 aromatic heterocycles. The van der Waals surface area contributed by atoms with Crippen LogP contribution < -0.4 is 0 Å². The number of H-pyrrole nitrogens is 1. The van der Waals surface area contributed by atoms with Crippen LogP contribution in [-0.2, 0) is 37.8 Å². The fourth-order valence-corrected chi connectivity index (χ4v) is 7.51. The van der Waals surface area contributed by atoms with Gasteiger partial charge in [-0.05, 0) is 65.3 Å². The minimum Gasteiger partial charge on any atom is -0.361 e. The number of aromatic amines is 1. The zero-order valence-electron chi connectivity index (χ0n) is 28.7. The summed E-state index contributed by atoms with van der Waals surface area (Å²) < 4.78 is 32.7. The Bertz CT molecular complexity index is 2280. The predicted octanol–water partition coefficient (Wildman–Crippen LogP) is 9.08. The largest absolute Gasteiger partial charge is 0.361 e. The maximum atomic E-state index is 14.1. The van der Waals surface area contributed by atoms with E-state index in [0.717, 1.165) is 59.1 Å². The number of fused-ring (bicyclic) bond motifs is 1. The molecule has 1 N–H and O–H groups in total. The smallest absolute Gasteiger partial charge is 0.137 e. The Hall–Kier alpha value is -6.15. The zero-order chi connectivity index (χ0) is 35.3. The topological polar surface area (TPSA) is 64.3 Å². The molecule has 8 rings (SSSR count). The number of rotatable bonds is 13. The van der Waals surface area contributed by atoms with Crippen molar-refractivity contribution in [2.45, 2.75) is 44.2 Å². The van der Waals surface area contributed by atoms with Gasteiger partial charge in [-0.1, -0.05) is 109 Å². The highest BCUT2D eigenvalue weighted by molar-refractivity contribution is 5.83. The van der Waals surface area contributed by atoms with Crippen molar-refractivity contribution in [3.8, 4) is 0 Å². The summed E-state index contributed by atoms with van der Waals surface area (Å²) >= 11 is 0. The Labute approximate surface area is 301 Å². The van der Waals surface area contributed by atoms with Gasteiger partial charge in [0.25, 0.3) is 0 Å². The fraction of sp³-hybridized carbons (Fsp3) is 0.159. The van der Waals surface area contributed by atoms with Gasteiger partial charge in [0.15, 0.2) is 0 Å². The molecule has 0 radical (unpaired) electrons. The van der Waals surface area contributed by atoms with E-state index >= 15 is 0 Å². The van der Waals surface area contributed by atoms with E-state index in [1.54, 1.807) is 0 Å². The van der Waals surface area contributed by atoms with Gasteiger partial charge >= 0.3 is 0 Å². The molecule has 0 unspecified atom stereocenters. The molecule has 0 aliphatic carbocycles. The Morgan fingerprint density at radius 2 is 1.23 bits per heavy atom. The Morgan fingerprint density at radius 3 is 1.88 bits per heavy atom. The molecular weight excluding hydrogens is 651 g/mol.